The Kier molecular flexibility index (Phi) is 6.30. The molecule has 1 N–H and O–H groups in total. The van der Waals surface area contributed by atoms with E-state index < -0.39 is 0 Å². The van der Waals surface area contributed by atoms with Gasteiger partial charge in [-0.3, -0.25) is 9.59 Å². The highest BCUT2D eigenvalue weighted by molar-refractivity contribution is 6.39. The van der Waals surface area contributed by atoms with Gasteiger partial charge in [-0.1, -0.05) is 43.1 Å². The van der Waals surface area contributed by atoms with E-state index in [1.807, 2.05) is 13.8 Å². The highest BCUT2D eigenvalue weighted by atomic mass is 35.5. The van der Waals surface area contributed by atoms with E-state index >= 15 is 0 Å². The maximum atomic E-state index is 12.0. The van der Waals surface area contributed by atoms with Crippen LogP contribution in [0.25, 0.3) is 0 Å². The second-order valence-corrected chi connectivity index (χ2v) is 5.75. The van der Waals surface area contributed by atoms with Gasteiger partial charge < -0.3 is 10.2 Å². The number of carbonyl (C=O) groups excluding carboxylic acids is 2. The van der Waals surface area contributed by atoms with Crippen molar-refractivity contribution in [2.24, 2.45) is 5.92 Å². The van der Waals surface area contributed by atoms with E-state index in [0.29, 0.717) is 22.3 Å². The normalized spacial score (nSPS) is 10.5. The Morgan fingerprint density at radius 2 is 1.80 bits per heavy atom. The minimum atomic E-state index is -0.323. The van der Waals surface area contributed by atoms with E-state index in [9.17, 15) is 9.59 Å². The highest BCUT2D eigenvalue weighted by Crippen LogP contribution is 2.29. The lowest BCUT2D eigenvalue weighted by molar-refractivity contribution is -0.133. The smallest absolute Gasteiger partial charge is 0.244 e. The van der Waals surface area contributed by atoms with Crippen molar-refractivity contribution in [2.75, 3.05) is 18.4 Å². The Labute approximate surface area is 129 Å². The largest absolute Gasteiger partial charge is 0.333 e. The summed E-state index contributed by atoms with van der Waals surface area (Å²) < 4.78 is 0. The standard InChI is InChI=1S/C14H18Cl2N2O2/c1-9(2)7-18(10(3)19)8-13(20)17-14-11(15)5-4-6-12(14)16/h4-6,9H,7-8H2,1-3H3,(H,17,20). The zero-order chi connectivity index (χ0) is 15.3. The second-order valence-electron chi connectivity index (χ2n) is 4.94. The zero-order valence-electron chi connectivity index (χ0n) is 11.7. The minimum absolute atomic E-state index is 0.0188. The lowest BCUT2D eigenvalue weighted by Gasteiger charge is -2.22. The van der Waals surface area contributed by atoms with Crippen LogP contribution in [0.2, 0.25) is 10.0 Å². The first-order valence-electron chi connectivity index (χ1n) is 6.30. The maximum Gasteiger partial charge on any atom is 0.244 e. The molecule has 4 nitrogen and oxygen atoms in total. The summed E-state index contributed by atoms with van der Waals surface area (Å²) in [7, 11) is 0. The van der Waals surface area contributed by atoms with Gasteiger partial charge in [0.2, 0.25) is 11.8 Å². The van der Waals surface area contributed by atoms with Gasteiger partial charge in [0.15, 0.2) is 0 Å². The molecule has 20 heavy (non-hydrogen) atoms. The van der Waals surface area contributed by atoms with Crippen molar-refractivity contribution < 1.29 is 9.59 Å². The van der Waals surface area contributed by atoms with E-state index in [1.165, 1.54) is 11.8 Å². The van der Waals surface area contributed by atoms with Crippen LogP contribution in [-0.4, -0.2) is 29.8 Å². The molecule has 0 aliphatic heterocycles. The average Bonchev–Trinajstić information content (AvgIpc) is 2.32. The number of nitrogens with one attached hydrogen (secondary N) is 1. The van der Waals surface area contributed by atoms with E-state index in [4.69, 9.17) is 23.2 Å². The number of hydrogen-bond acceptors (Lipinski definition) is 2. The number of nitrogens with zero attached hydrogens (tertiary/aromatic N) is 1. The molecule has 1 rings (SSSR count). The van der Waals surface area contributed by atoms with Gasteiger partial charge in [-0.2, -0.15) is 0 Å². The number of carbonyl (C=O) groups is 2. The molecule has 0 radical (unpaired) electrons. The topological polar surface area (TPSA) is 49.4 Å². The molecule has 2 amide bonds. The number of amides is 2. The molecule has 0 saturated carbocycles. The van der Waals surface area contributed by atoms with Gasteiger partial charge >= 0.3 is 0 Å². The molecule has 1 aromatic rings. The molecule has 0 bridgehead atoms. The Hall–Kier alpha value is -1.26. The summed E-state index contributed by atoms with van der Waals surface area (Å²) in [5, 5.41) is 3.37. The molecule has 0 aliphatic carbocycles. The molecule has 6 heteroatoms. The van der Waals surface area contributed by atoms with Gasteiger partial charge in [0.25, 0.3) is 0 Å². The molecule has 0 aromatic heterocycles. The van der Waals surface area contributed by atoms with E-state index in [-0.39, 0.29) is 24.3 Å². The molecule has 0 saturated heterocycles. The van der Waals surface area contributed by atoms with Crippen LogP contribution in [0.4, 0.5) is 5.69 Å². The molecule has 0 aliphatic rings. The predicted octanol–water partition coefficient (Wildman–Crippen LogP) is 3.44. The third-order valence-corrected chi connectivity index (χ3v) is 3.22. The lowest BCUT2D eigenvalue weighted by Crippen LogP contribution is -2.38. The Morgan fingerprint density at radius 3 is 2.25 bits per heavy atom. The van der Waals surface area contributed by atoms with E-state index in [2.05, 4.69) is 5.32 Å². The Balaban J connectivity index is 2.73. The Bertz CT molecular complexity index is 484. The first-order valence-corrected chi connectivity index (χ1v) is 7.06. The number of rotatable bonds is 5. The first-order chi connectivity index (χ1) is 9.31. The molecular formula is C14H18Cl2N2O2. The summed E-state index contributed by atoms with van der Waals surface area (Å²) in [6, 6.07) is 4.97. The van der Waals surface area contributed by atoms with Crippen molar-refractivity contribution in [3.05, 3.63) is 28.2 Å². The van der Waals surface area contributed by atoms with Crippen LogP contribution in [0, 0.1) is 5.92 Å². The van der Waals surface area contributed by atoms with Crippen LogP contribution in [0.15, 0.2) is 18.2 Å². The summed E-state index contributed by atoms with van der Waals surface area (Å²) in [5.74, 6) is -0.175. The molecule has 0 spiro atoms. The summed E-state index contributed by atoms with van der Waals surface area (Å²) in [5.41, 5.74) is 0.369. The van der Waals surface area contributed by atoms with Crippen LogP contribution in [-0.2, 0) is 9.59 Å². The maximum absolute atomic E-state index is 12.0. The highest BCUT2D eigenvalue weighted by Gasteiger charge is 2.16. The monoisotopic (exact) mass is 316 g/mol. The van der Waals surface area contributed by atoms with Gasteiger partial charge in [-0.15, -0.1) is 0 Å². The van der Waals surface area contributed by atoms with Gasteiger partial charge in [0.1, 0.15) is 0 Å². The van der Waals surface area contributed by atoms with Gasteiger partial charge in [0.05, 0.1) is 22.3 Å². The first kappa shape index (κ1) is 16.8. The molecule has 0 heterocycles. The van der Waals surface area contributed by atoms with Crippen molar-refractivity contribution in [1.82, 2.24) is 4.90 Å². The number of halogens is 2. The van der Waals surface area contributed by atoms with Crippen LogP contribution in [0.1, 0.15) is 20.8 Å². The van der Waals surface area contributed by atoms with Gasteiger partial charge in [-0.05, 0) is 18.1 Å². The SMILES string of the molecule is CC(=O)N(CC(=O)Nc1c(Cl)cccc1Cl)CC(C)C. The van der Waals surface area contributed by atoms with Crippen molar-refractivity contribution in [1.29, 1.82) is 0 Å². The molecule has 0 fully saturated rings. The fourth-order valence-electron chi connectivity index (χ4n) is 1.71. The summed E-state index contributed by atoms with van der Waals surface area (Å²) in [6.45, 7) is 5.92. The van der Waals surface area contributed by atoms with Crippen LogP contribution >= 0.6 is 23.2 Å². The number of benzene rings is 1. The van der Waals surface area contributed by atoms with Crippen molar-refractivity contribution >= 4 is 40.7 Å². The molecule has 0 unspecified atom stereocenters. The molecule has 0 atom stereocenters. The number of anilines is 1. The summed E-state index contributed by atoms with van der Waals surface area (Å²) in [6.07, 6.45) is 0. The van der Waals surface area contributed by atoms with Crippen molar-refractivity contribution in [3.63, 3.8) is 0 Å². The molecular weight excluding hydrogens is 299 g/mol. The number of hydrogen-bond donors (Lipinski definition) is 1. The van der Waals surface area contributed by atoms with Crippen molar-refractivity contribution in [3.8, 4) is 0 Å². The Morgan fingerprint density at radius 1 is 1.25 bits per heavy atom. The fraction of sp³-hybridized carbons (Fsp3) is 0.429. The number of para-hydroxylation sites is 1. The van der Waals surface area contributed by atoms with E-state index in [1.54, 1.807) is 18.2 Å². The van der Waals surface area contributed by atoms with Gasteiger partial charge in [0, 0.05) is 13.5 Å². The van der Waals surface area contributed by atoms with Crippen LogP contribution < -0.4 is 5.32 Å². The van der Waals surface area contributed by atoms with Crippen molar-refractivity contribution in [2.45, 2.75) is 20.8 Å². The van der Waals surface area contributed by atoms with Crippen LogP contribution in [0.3, 0.4) is 0 Å². The fourth-order valence-corrected chi connectivity index (χ4v) is 2.21. The van der Waals surface area contributed by atoms with Crippen LogP contribution in [0.5, 0.6) is 0 Å². The third kappa shape index (κ3) is 5.02. The minimum Gasteiger partial charge on any atom is -0.333 e. The predicted molar refractivity (Wildman–Crippen MR) is 82.2 cm³/mol. The molecule has 1 aromatic carbocycles. The molecule has 110 valence electrons. The summed E-state index contributed by atoms with van der Waals surface area (Å²) >= 11 is 12.0. The average molecular weight is 317 g/mol. The summed E-state index contributed by atoms with van der Waals surface area (Å²) in [4.78, 5) is 25.0. The van der Waals surface area contributed by atoms with E-state index in [0.717, 1.165) is 0 Å². The lowest BCUT2D eigenvalue weighted by atomic mass is 10.2. The van der Waals surface area contributed by atoms with Gasteiger partial charge in [-0.25, -0.2) is 0 Å². The zero-order valence-corrected chi connectivity index (χ0v) is 13.3. The second kappa shape index (κ2) is 7.50. The third-order valence-electron chi connectivity index (χ3n) is 2.59. The quantitative estimate of drug-likeness (QED) is 0.904.